The Morgan fingerprint density at radius 2 is 2.47 bits per heavy atom. The van der Waals surface area contributed by atoms with Crippen LogP contribution >= 0.6 is 23.1 Å². The van der Waals surface area contributed by atoms with Gasteiger partial charge in [0, 0.05) is 12.3 Å². The Morgan fingerprint density at radius 3 is 3.06 bits per heavy atom. The molecule has 17 heavy (non-hydrogen) atoms. The molecule has 4 nitrogen and oxygen atoms in total. The maximum Gasteiger partial charge on any atom is 0.262 e. The molecule has 0 fully saturated rings. The van der Waals surface area contributed by atoms with Crippen molar-refractivity contribution in [2.75, 3.05) is 18.6 Å². The first-order valence-electron chi connectivity index (χ1n) is 4.97. The summed E-state index contributed by atoms with van der Waals surface area (Å²) in [4.78, 5) is 12.2. The summed E-state index contributed by atoms with van der Waals surface area (Å²) >= 11 is 2.74. The van der Waals surface area contributed by atoms with Crippen molar-refractivity contribution in [3.63, 3.8) is 0 Å². The number of carbonyl (C=O) groups excluding carboxylic acids is 1. The van der Waals surface area contributed by atoms with Crippen LogP contribution in [0.15, 0.2) is 11.4 Å². The van der Waals surface area contributed by atoms with Crippen molar-refractivity contribution in [1.29, 1.82) is 5.26 Å². The van der Waals surface area contributed by atoms with E-state index in [1.165, 1.54) is 23.1 Å². The Bertz CT molecular complexity index is 435. The number of nitriles is 1. The Kier molecular flexibility index (Phi) is 5.00. The van der Waals surface area contributed by atoms with E-state index in [1.807, 2.05) is 12.3 Å². The lowest BCUT2D eigenvalue weighted by Crippen LogP contribution is -2.42. The summed E-state index contributed by atoms with van der Waals surface area (Å²) in [5, 5.41) is 23.0. The molecule has 1 aromatic rings. The van der Waals surface area contributed by atoms with E-state index in [2.05, 4.69) is 5.32 Å². The third-order valence-electron chi connectivity index (χ3n) is 2.08. The minimum Gasteiger partial charge on any atom is -0.387 e. The van der Waals surface area contributed by atoms with Gasteiger partial charge in [0.2, 0.25) is 0 Å². The van der Waals surface area contributed by atoms with Gasteiger partial charge in [0.1, 0.15) is 10.9 Å². The fraction of sp³-hybridized carbons (Fsp3) is 0.455. The van der Waals surface area contributed by atoms with E-state index in [4.69, 9.17) is 5.26 Å². The summed E-state index contributed by atoms with van der Waals surface area (Å²) in [6.07, 6.45) is 1.89. The molecule has 1 atom stereocenters. The molecule has 1 unspecified atom stereocenters. The third-order valence-corrected chi connectivity index (χ3v) is 3.90. The first kappa shape index (κ1) is 14.0. The van der Waals surface area contributed by atoms with Crippen molar-refractivity contribution < 1.29 is 9.90 Å². The van der Waals surface area contributed by atoms with Gasteiger partial charge in [-0.25, -0.2) is 0 Å². The highest BCUT2D eigenvalue weighted by molar-refractivity contribution is 7.98. The molecule has 1 aromatic heterocycles. The van der Waals surface area contributed by atoms with E-state index in [0.717, 1.165) is 0 Å². The first-order valence-corrected chi connectivity index (χ1v) is 7.24. The zero-order valence-electron chi connectivity index (χ0n) is 9.69. The van der Waals surface area contributed by atoms with E-state index < -0.39 is 5.60 Å². The number of rotatable bonds is 5. The van der Waals surface area contributed by atoms with E-state index in [1.54, 1.807) is 18.4 Å². The molecular weight excluding hydrogens is 256 g/mol. The van der Waals surface area contributed by atoms with Crippen LogP contribution in [0.3, 0.4) is 0 Å². The lowest BCUT2D eigenvalue weighted by atomic mass is 10.1. The number of thioether (sulfide) groups is 1. The van der Waals surface area contributed by atoms with Crippen LogP contribution in [0.1, 0.15) is 22.2 Å². The second-order valence-corrected chi connectivity index (χ2v) is 5.67. The van der Waals surface area contributed by atoms with E-state index in [-0.39, 0.29) is 12.5 Å². The van der Waals surface area contributed by atoms with Crippen LogP contribution in [-0.4, -0.2) is 35.2 Å². The SMILES string of the molecule is CSCC(C)(O)CNC(=O)c1sccc1C#N. The fourth-order valence-electron chi connectivity index (χ4n) is 1.29. The number of aliphatic hydroxyl groups is 1. The summed E-state index contributed by atoms with van der Waals surface area (Å²) in [6, 6.07) is 3.57. The highest BCUT2D eigenvalue weighted by atomic mass is 32.2. The quantitative estimate of drug-likeness (QED) is 0.849. The summed E-state index contributed by atoms with van der Waals surface area (Å²) in [5.74, 6) is 0.237. The normalized spacial score (nSPS) is 13.8. The van der Waals surface area contributed by atoms with Crippen LogP contribution in [0.5, 0.6) is 0 Å². The molecule has 0 saturated carbocycles. The number of hydrogen-bond donors (Lipinski definition) is 2. The molecule has 0 saturated heterocycles. The highest BCUT2D eigenvalue weighted by Gasteiger charge is 2.22. The van der Waals surface area contributed by atoms with Gasteiger partial charge in [-0.3, -0.25) is 4.79 Å². The van der Waals surface area contributed by atoms with Gasteiger partial charge >= 0.3 is 0 Å². The molecule has 92 valence electrons. The van der Waals surface area contributed by atoms with Crippen molar-refractivity contribution in [1.82, 2.24) is 5.32 Å². The molecule has 0 aliphatic carbocycles. The minimum absolute atomic E-state index is 0.176. The summed E-state index contributed by atoms with van der Waals surface area (Å²) in [5.41, 5.74) is -0.559. The van der Waals surface area contributed by atoms with Crippen LogP contribution in [0.4, 0.5) is 0 Å². The van der Waals surface area contributed by atoms with E-state index in [0.29, 0.717) is 16.2 Å². The largest absolute Gasteiger partial charge is 0.387 e. The van der Waals surface area contributed by atoms with Crippen LogP contribution < -0.4 is 5.32 Å². The number of nitrogens with zero attached hydrogens (tertiary/aromatic N) is 1. The molecule has 0 aliphatic rings. The Labute approximate surface area is 109 Å². The number of hydrogen-bond acceptors (Lipinski definition) is 5. The van der Waals surface area contributed by atoms with Crippen LogP contribution in [0.25, 0.3) is 0 Å². The summed E-state index contributed by atoms with van der Waals surface area (Å²) in [7, 11) is 0. The molecule has 0 aromatic carbocycles. The number of thiophene rings is 1. The zero-order valence-corrected chi connectivity index (χ0v) is 11.3. The average molecular weight is 270 g/mol. The molecular formula is C11H14N2O2S2. The maximum absolute atomic E-state index is 11.8. The molecule has 0 spiro atoms. The first-order chi connectivity index (χ1) is 8.00. The summed E-state index contributed by atoms with van der Waals surface area (Å²) in [6.45, 7) is 1.85. The van der Waals surface area contributed by atoms with Crippen molar-refractivity contribution in [2.24, 2.45) is 0 Å². The topological polar surface area (TPSA) is 73.1 Å². The smallest absolute Gasteiger partial charge is 0.262 e. The van der Waals surface area contributed by atoms with Gasteiger partial charge in [0.15, 0.2) is 0 Å². The van der Waals surface area contributed by atoms with Crippen molar-refractivity contribution in [2.45, 2.75) is 12.5 Å². The van der Waals surface area contributed by atoms with Gasteiger partial charge in [0.05, 0.1) is 11.2 Å². The predicted octanol–water partition coefficient (Wildman–Crippen LogP) is 1.46. The monoisotopic (exact) mass is 270 g/mol. The molecule has 1 amide bonds. The second-order valence-electron chi connectivity index (χ2n) is 3.89. The van der Waals surface area contributed by atoms with Gasteiger partial charge in [0.25, 0.3) is 5.91 Å². The van der Waals surface area contributed by atoms with Crippen molar-refractivity contribution >= 4 is 29.0 Å². The number of nitrogens with one attached hydrogen (secondary N) is 1. The Balaban J connectivity index is 2.60. The standard InChI is InChI=1S/C11H14N2O2S2/c1-11(15,7-16-2)6-13-10(14)9-8(5-12)3-4-17-9/h3-4,15H,6-7H2,1-2H3,(H,13,14). The molecule has 0 radical (unpaired) electrons. The van der Waals surface area contributed by atoms with Gasteiger partial charge in [-0.15, -0.1) is 11.3 Å². The average Bonchev–Trinajstić information content (AvgIpc) is 2.74. The molecule has 2 N–H and O–H groups in total. The van der Waals surface area contributed by atoms with Gasteiger partial charge in [-0.2, -0.15) is 17.0 Å². The third kappa shape index (κ3) is 4.04. The lowest BCUT2D eigenvalue weighted by molar-refractivity contribution is 0.0727. The molecule has 0 aliphatic heterocycles. The van der Waals surface area contributed by atoms with Crippen LogP contribution in [-0.2, 0) is 0 Å². The van der Waals surface area contributed by atoms with E-state index >= 15 is 0 Å². The zero-order chi connectivity index (χ0) is 12.9. The number of carbonyl (C=O) groups is 1. The minimum atomic E-state index is -0.931. The van der Waals surface area contributed by atoms with Crippen molar-refractivity contribution in [3.05, 3.63) is 21.9 Å². The maximum atomic E-state index is 11.8. The highest BCUT2D eigenvalue weighted by Crippen LogP contribution is 2.16. The predicted molar refractivity (Wildman–Crippen MR) is 70.4 cm³/mol. The van der Waals surface area contributed by atoms with E-state index in [9.17, 15) is 9.90 Å². The molecule has 6 heteroatoms. The van der Waals surface area contributed by atoms with Crippen LogP contribution in [0, 0.1) is 11.3 Å². The lowest BCUT2D eigenvalue weighted by Gasteiger charge is -2.22. The molecule has 1 rings (SSSR count). The Morgan fingerprint density at radius 1 is 1.76 bits per heavy atom. The fourth-order valence-corrected chi connectivity index (χ4v) is 2.77. The second kappa shape index (κ2) is 6.05. The Hall–Kier alpha value is -1.03. The molecule has 0 bridgehead atoms. The van der Waals surface area contributed by atoms with Gasteiger partial charge < -0.3 is 10.4 Å². The van der Waals surface area contributed by atoms with Gasteiger partial charge in [-0.1, -0.05) is 0 Å². The molecule has 1 heterocycles. The summed E-state index contributed by atoms with van der Waals surface area (Å²) < 4.78 is 0. The number of amides is 1. The van der Waals surface area contributed by atoms with Gasteiger partial charge in [-0.05, 0) is 24.6 Å². The van der Waals surface area contributed by atoms with Crippen LogP contribution in [0.2, 0.25) is 0 Å². The van der Waals surface area contributed by atoms with Crippen molar-refractivity contribution in [3.8, 4) is 6.07 Å².